The molecule has 2 heterocycles. The van der Waals surface area contributed by atoms with E-state index in [1.807, 2.05) is 11.8 Å². The number of carbonyl (C=O) groups is 1. The van der Waals surface area contributed by atoms with Crippen molar-refractivity contribution in [2.24, 2.45) is 0 Å². The molecule has 1 aromatic rings. The first kappa shape index (κ1) is 14.1. The Morgan fingerprint density at radius 3 is 3.05 bits per heavy atom. The van der Waals surface area contributed by atoms with Crippen LogP contribution < -0.4 is 5.32 Å². The smallest absolute Gasteiger partial charge is 0.317 e. The summed E-state index contributed by atoms with van der Waals surface area (Å²) in [6.07, 6.45) is 0.608. The highest BCUT2D eigenvalue weighted by Crippen LogP contribution is 2.09. The molecule has 0 bridgehead atoms. The highest BCUT2D eigenvalue weighted by Gasteiger charge is 2.17. The average Bonchev–Trinajstić information content (AvgIpc) is 2.91. The van der Waals surface area contributed by atoms with Gasteiger partial charge in [0.2, 0.25) is 5.89 Å². The van der Waals surface area contributed by atoms with E-state index in [0.29, 0.717) is 24.7 Å². The van der Waals surface area contributed by atoms with Crippen LogP contribution in [0.2, 0.25) is 0 Å². The average molecular weight is 286 g/mol. The molecule has 0 saturated carbocycles. The van der Waals surface area contributed by atoms with Crippen LogP contribution in [0.4, 0.5) is 4.79 Å². The molecule has 2 rings (SSSR count). The summed E-state index contributed by atoms with van der Waals surface area (Å²) in [5.41, 5.74) is 0. The van der Waals surface area contributed by atoms with Crippen molar-refractivity contribution in [3.05, 3.63) is 11.7 Å². The van der Waals surface area contributed by atoms with E-state index in [1.165, 1.54) is 0 Å². The van der Waals surface area contributed by atoms with E-state index in [-0.39, 0.29) is 12.6 Å². The minimum Gasteiger partial charge on any atom is -0.384 e. The van der Waals surface area contributed by atoms with Crippen molar-refractivity contribution in [2.75, 3.05) is 38.3 Å². The number of aromatic nitrogens is 2. The van der Waals surface area contributed by atoms with Gasteiger partial charge in [-0.3, -0.25) is 0 Å². The van der Waals surface area contributed by atoms with Gasteiger partial charge in [-0.05, 0) is 0 Å². The van der Waals surface area contributed by atoms with E-state index in [2.05, 4.69) is 15.5 Å². The number of hydrogen-bond acceptors (Lipinski definition) is 6. The van der Waals surface area contributed by atoms with Crippen LogP contribution in [-0.2, 0) is 17.7 Å². The van der Waals surface area contributed by atoms with Gasteiger partial charge in [-0.2, -0.15) is 16.7 Å². The standard InChI is InChI=1S/C11H18N4O3S/c1-17-5-2-9-13-10(18-14-9)8-12-11(16)15-3-6-19-7-4-15/h2-8H2,1H3,(H,12,16). The van der Waals surface area contributed by atoms with Crippen molar-refractivity contribution in [1.29, 1.82) is 0 Å². The van der Waals surface area contributed by atoms with Gasteiger partial charge in [-0.15, -0.1) is 0 Å². The van der Waals surface area contributed by atoms with Gasteiger partial charge in [0.15, 0.2) is 5.82 Å². The lowest BCUT2D eigenvalue weighted by Crippen LogP contribution is -2.44. The van der Waals surface area contributed by atoms with Gasteiger partial charge in [0.05, 0.1) is 13.2 Å². The van der Waals surface area contributed by atoms with Crippen LogP contribution in [0.15, 0.2) is 4.52 Å². The van der Waals surface area contributed by atoms with Gasteiger partial charge in [0.1, 0.15) is 0 Å². The molecule has 0 unspecified atom stereocenters. The van der Waals surface area contributed by atoms with Crippen molar-refractivity contribution >= 4 is 17.8 Å². The maximum absolute atomic E-state index is 11.8. The molecular formula is C11H18N4O3S. The van der Waals surface area contributed by atoms with Crippen LogP contribution in [0.25, 0.3) is 0 Å². The third-order valence-electron chi connectivity index (χ3n) is 2.73. The number of thioether (sulfide) groups is 1. The lowest BCUT2D eigenvalue weighted by Gasteiger charge is -2.26. The molecule has 106 valence electrons. The fourth-order valence-electron chi connectivity index (χ4n) is 1.69. The molecule has 1 aliphatic rings. The molecule has 2 amide bonds. The largest absolute Gasteiger partial charge is 0.384 e. The normalized spacial score (nSPS) is 15.5. The van der Waals surface area contributed by atoms with Crippen molar-refractivity contribution in [3.8, 4) is 0 Å². The fourth-order valence-corrected chi connectivity index (χ4v) is 2.59. The highest BCUT2D eigenvalue weighted by atomic mass is 32.2. The number of ether oxygens (including phenoxy) is 1. The Morgan fingerprint density at radius 2 is 2.32 bits per heavy atom. The Balaban J connectivity index is 1.74. The maximum atomic E-state index is 11.8. The number of rotatable bonds is 5. The minimum atomic E-state index is -0.0723. The number of amides is 2. The van der Waals surface area contributed by atoms with Gasteiger partial charge in [0, 0.05) is 38.1 Å². The number of methoxy groups -OCH3 is 1. The molecule has 0 atom stereocenters. The summed E-state index contributed by atoms with van der Waals surface area (Å²) in [6, 6.07) is -0.0723. The van der Waals surface area contributed by atoms with Gasteiger partial charge < -0.3 is 19.5 Å². The van der Waals surface area contributed by atoms with Crippen LogP contribution in [-0.4, -0.2) is 59.4 Å². The quantitative estimate of drug-likeness (QED) is 0.850. The number of urea groups is 1. The maximum Gasteiger partial charge on any atom is 0.317 e. The molecule has 1 saturated heterocycles. The Labute approximate surface area is 116 Å². The molecule has 8 heteroatoms. The lowest BCUT2D eigenvalue weighted by molar-refractivity contribution is 0.199. The molecule has 0 spiro atoms. The van der Waals surface area contributed by atoms with Crippen LogP contribution in [0, 0.1) is 0 Å². The predicted octanol–water partition coefficient (Wildman–Crippen LogP) is 0.517. The van der Waals surface area contributed by atoms with E-state index in [1.54, 1.807) is 12.0 Å². The number of nitrogens with one attached hydrogen (secondary N) is 1. The molecule has 1 aliphatic heterocycles. The fraction of sp³-hybridized carbons (Fsp3) is 0.727. The SMILES string of the molecule is COCCc1noc(CNC(=O)N2CCSCC2)n1. The third-order valence-corrected chi connectivity index (χ3v) is 3.67. The second-order valence-electron chi connectivity index (χ2n) is 4.11. The van der Waals surface area contributed by atoms with Gasteiger partial charge >= 0.3 is 6.03 Å². The molecule has 7 nitrogen and oxygen atoms in total. The van der Waals surface area contributed by atoms with Gasteiger partial charge in [-0.25, -0.2) is 4.79 Å². The van der Waals surface area contributed by atoms with Crippen molar-refractivity contribution < 1.29 is 14.1 Å². The summed E-state index contributed by atoms with van der Waals surface area (Å²) in [5, 5.41) is 6.60. The molecular weight excluding hydrogens is 268 g/mol. The zero-order valence-electron chi connectivity index (χ0n) is 10.9. The van der Waals surface area contributed by atoms with Crippen LogP contribution >= 0.6 is 11.8 Å². The molecule has 1 aromatic heterocycles. The molecule has 1 fully saturated rings. The third kappa shape index (κ3) is 4.39. The Hall–Kier alpha value is -1.28. The number of nitrogens with zero attached hydrogens (tertiary/aromatic N) is 3. The summed E-state index contributed by atoms with van der Waals surface area (Å²) >= 11 is 1.87. The van der Waals surface area contributed by atoms with Gasteiger partial charge in [-0.1, -0.05) is 5.16 Å². The Kier molecular flexibility index (Phi) is 5.46. The first-order valence-corrected chi connectivity index (χ1v) is 7.36. The first-order valence-electron chi connectivity index (χ1n) is 6.20. The highest BCUT2D eigenvalue weighted by molar-refractivity contribution is 7.99. The first-order chi connectivity index (χ1) is 9.29. The van der Waals surface area contributed by atoms with Gasteiger partial charge in [0.25, 0.3) is 0 Å². The summed E-state index contributed by atoms with van der Waals surface area (Å²) in [4.78, 5) is 17.8. The second kappa shape index (κ2) is 7.34. The summed E-state index contributed by atoms with van der Waals surface area (Å²) in [6.45, 7) is 2.40. The van der Waals surface area contributed by atoms with Crippen LogP contribution in [0.3, 0.4) is 0 Å². The Morgan fingerprint density at radius 1 is 1.53 bits per heavy atom. The lowest BCUT2D eigenvalue weighted by atomic mass is 10.4. The Bertz CT molecular complexity index is 406. The van der Waals surface area contributed by atoms with Crippen molar-refractivity contribution in [3.63, 3.8) is 0 Å². The van der Waals surface area contributed by atoms with E-state index < -0.39 is 0 Å². The van der Waals surface area contributed by atoms with E-state index >= 15 is 0 Å². The van der Waals surface area contributed by atoms with Crippen molar-refractivity contribution in [2.45, 2.75) is 13.0 Å². The topological polar surface area (TPSA) is 80.5 Å². The summed E-state index contributed by atoms with van der Waals surface area (Å²) in [5.74, 6) is 3.01. The van der Waals surface area contributed by atoms with Crippen LogP contribution in [0.5, 0.6) is 0 Å². The van der Waals surface area contributed by atoms with Crippen molar-refractivity contribution in [1.82, 2.24) is 20.4 Å². The molecule has 0 aliphatic carbocycles. The predicted molar refractivity (Wildman–Crippen MR) is 71.0 cm³/mol. The minimum absolute atomic E-state index is 0.0723. The molecule has 19 heavy (non-hydrogen) atoms. The van der Waals surface area contributed by atoms with E-state index in [0.717, 1.165) is 24.6 Å². The molecule has 0 aromatic carbocycles. The van der Waals surface area contributed by atoms with Crippen LogP contribution in [0.1, 0.15) is 11.7 Å². The molecule has 0 radical (unpaired) electrons. The monoisotopic (exact) mass is 286 g/mol. The van der Waals surface area contributed by atoms with E-state index in [4.69, 9.17) is 9.26 Å². The zero-order valence-corrected chi connectivity index (χ0v) is 11.7. The number of hydrogen-bond donors (Lipinski definition) is 1. The summed E-state index contributed by atoms with van der Waals surface area (Å²) < 4.78 is 9.98. The number of carbonyl (C=O) groups excluding carboxylic acids is 1. The summed E-state index contributed by atoms with van der Waals surface area (Å²) in [7, 11) is 1.62. The molecule has 1 N–H and O–H groups in total. The zero-order chi connectivity index (χ0) is 13.5. The van der Waals surface area contributed by atoms with E-state index in [9.17, 15) is 4.79 Å². The second-order valence-corrected chi connectivity index (χ2v) is 5.33.